The van der Waals surface area contributed by atoms with Crippen molar-refractivity contribution < 1.29 is 13.6 Å². The third kappa shape index (κ3) is 5.74. The number of piperidine rings is 2. The number of aryl methyl sites for hydroxylation is 1. The van der Waals surface area contributed by atoms with Gasteiger partial charge in [0.15, 0.2) is 11.2 Å². The van der Waals surface area contributed by atoms with E-state index in [1.807, 2.05) is 31.2 Å². The zero-order chi connectivity index (χ0) is 29.2. The predicted molar refractivity (Wildman–Crippen MR) is 165 cm³/mol. The number of fused-ring (bicyclic) bond motifs is 2. The third-order valence-electron chi connectivity index (χ3n) is 8.45. The first-order chi connectivity index (χ1) is 21.2. The molecular weight excluding hydrogens is 544 g/mol. The number of nitrogens with zero attached hydrogens (tertiary/aromatic N) is 7. The van der Waals surface area contributed by atoms with Crippen LogP contribution in [0, 0.1) is 6.92 Å². The predicted octanol–water partition coefficient (Wildman–Crippen LogP) is 5.11. The van der Waals surface area contributed by atoms with E-state index in [1.54, 1.807) is 12.4 Å². The molecule has 0 aliphatic carbocycles. The van der Waals surface area contributed by atoms with Crippen molar-refractivity contribution in [1.29, 1.82) is 0 Å². The number of nitrogens with one attached hydrogen (secondary N) is 1. The average molecular weight is 583 g/mol. The number of anilines is 2. The Balaban J connectivity index is 1.21. The van der Waals surface area contributed by atoms with Crippen molar-refractivity contribution in [2.75, 3.05) is 42.8 Å². The van der Waals surface area contributed by atoms with E-state index in [4.69, 9.17) is 23.5 Å². The van der Waals surface area contributed by atoms with E-state index in [9.17, 15) is 0 Å². The fourth-order valence-corrected chi connectivity index (χ4v) is 6.25. The molecule has 224 valence electrons. The molecule has 0 radical (unpaired) electrons. The Labute approximate surface area is 250 Å². The van der Waals surface area contributed by atoms with E-state index in [-0.39, 0.29) is 12.1 Å². The molecule has 0 atom stereocenters. The van der Waals surface area contributed by atoms with Crippen LogP contribution in [0.25, 0.3) is 22.5 Å². The zero-order valence-corrected chi connectivity index (χ0v) is 24.8. The zero-order valence-electron chi connectivity index (χ0n) is 24.8. The molecule has 11 nitrogen and oxygen atoms in total. The minimum atomic E-state index is 0.124. The van der Waals surface area contributed by atoms with Crippen molar-refractivity contribution in [1.82, 2.24) is 30.2 Å². The van der Waals surface area contributed by atoms with Crippen LogP contribution in [0.3, 0.4) is 0 Å². The molecule has 0 saturated carbocycles. The van der Waals surface area contributed by atoms with Crippen LogP contribution in [-0.2, 0) is 6.54 Å². The quantitative estimate of drug-likeness (QED) is 0.234. The van der Waals surface area contributed by atoms with Gasteiger partial charge in [-0.05, 0) is 94.1 Å². The molecule has 0 spiro atoms. The smallest absolute Gasteiger partial charge is 0.319 e. The lowest BCUT2D eigenvalue weighted by atomic mass is 10.0. The number of ether oxygens (including phenoxy) is 1. The first-order valence-corrected chi connectivity index (χ1v) is 15.3. The fraction of sp³-hybridized carbons (Fsp3) is 0.438. The van der Waals surface area contributed by atoms with Gasteiger partial charge in [0, 0.05) is 32.0 Å². The van der Waals surface area contributed by atoms with E-state index in [0.29, 0.717) is 41.1 Å². The maximum absolute atomic E-state index is 6.40. The Morgan fingerprint density at radius 2 is 1.47 bits per heavy atom. The van der Waals surface area contributed by atoms with Crippen molar-refractivity contribution in [3.63, 3.8) is 0 Å². The van der Waals surface area contributed by atoms with Crippen molar-refractivity contribution in [3.05, 3.63) is 66.0 Å². The van der Waals surface area contributed by atoms with Crippen LogP contribution in [0.5, 0.6) is 5.75 Å². The van der Waals surface area contributed by atoms with Crippen LogP contribution >= 0.6 is 0 Å². The van der Waals surface area contributed by atoms with Crippen molar-refractivity contribution in [2.45, 2.75) is 58.2 Å². The van der Waals surface area contributed by atoms with Gasteiger partial charge in [-0.15, -0.1) is 0 Å². The summed E-state index contributed by atoms with van der Waals surface area (Å²) in [7, 11) is 0. The minimum absolute atomic E-state index is 0.124. The molecular formula is C32H38N8O3. The molecule has 2 aliphatic rings. The summed E-state index contributed by atoms with van der Waals surface area (Å²) >= 11 is 0. The number of oxazole rings is 2. The summed E-state index contributed by atoms with van der Waals surface area (Å²) in [6.07, 6.45) is 7.23. The number of likely N-dealkylation sites (tertiary alicyclic amines) is 1. The number of rotatable bonds is 9. The highest BCUT2D eigenvalue weighted by Gasteiger charge is 2.39. The van der Waals surface area contributed by atoms with Gasteiger partial charge in [0.05, 0.1) is 18.7 Å². The van der Waals surface area contributed by atoms with Crippen molar-refractivity contribution in [2.24, 2.45) is 0 Å². The van der Waals surface area contributed by atoms with Gasteiger partial charge in [-0.3, -0.25) is 4.90 Å². The van der Waals surface area contributed by atoms with Crippen LogP contribution in [0.2, 0.25) is 0 Å². The number of aromatic nitrogens is 4. The molecule has 0 bridgehead atoms. The van der Waals surface area contributed by atoms with Gasteiger partial charge >= 0.3 is 12.0 Å². The molecule has 4 aromatic heterocycles. The Morgan fingerprint density at radius 1 is 0.860 bits per heavy atom. The Bertz CT molecular complexity index is 1610. The second-order valence-electron chi connectivity index (χ2n) is 11.4. The van der Waals surface area contributed by atoms with E-state index >= 15 is 0 Å². The molecule has 7 rings (SSSR count). The molecule has 43 heavy (non-hydrogen) atoms. The van der Waals surface area contributed by atoms with E-state index in [1.165, 1.54) is 11.1 Å². The molecule has 2 fully saturated rings. The summed E-state index contributed by atoms with van der Waals surface area (Å²) in [5.41, 5.74) is 4.94. The number of benzene rings is 1. The van der Waals surface area contributed by atoms with Crippen LogP contribution in [0.1, 0.15) is 43.7 Å². The summed E-state index contributed by atoms with van der Waals surface area (Å²) in [4.78, 5) is 21.2. The molecule has 6 heterocycles. The summed E-state index contributed by atoms with van der Waals surface area (Å²) in [5.74, 6) is 0.969. The lowest BCUT2D eigenvalue weighted by Crippen LogP contribution is -2.59. The molecule has 2 saturated heterocycles. The van der Waals surface area contributed by atoms with E-state index in [0.717, 1.165) is 64.2 Å². The summed E-state index contributed by atoms with van der Waals surface area (Å²) in [6, 6.07) is 15.4. The summed E-state index contributed by atoms with van der Waals surface area (Å²) < 4.78 is 18.6. The summed E-state index contributed by atoms with van der Waals surface area (Å²) in [6.45, 7) is 9.38. The van der Waals surface area contributed by atoms with Gasteiger partial charge in [-0.1, -0.05) is 12.1 Å². The molecule has 1 aromatic carbocycles. The van der Waals surface area contributed by atoms with Crippen molar-refractivity contribution >= 4 is 34.5 Å². The molecule has 2 aliphatic heterocycles. The minimum Gasteiger partial charge on any atom is -0.494 e. The first-order valence-electron chi connectivity index (χ1n) is 15.3. The average Bonchev–Trinajstić information content (AvgIpc) is 3.67. The third-order valence-corrected chi connectivity index (χ3v) is 8.45. The topological polar surface area (TPSA) is 109 Å². The second-order valence-corrected chi connectivity index (χ2v) is 11.4. The molecule has 11 heteroatoms. The van der Waals surface area contributed by atoms with Gasteiger partial charge in [0.1, 0.15) is 5.75 Å². The second kappa shape index (κ2) is 12.2. The highest BCUT2D eigenvalue weighted by Crippen LogP contribution is 2.35. The van der Waals surface area contributed by atoms with Crippen molar-refractivity contribution in [3.8, 4) is 5.75 Å². The Kier molecular flexibility index (Phi) is 7.82. The Hall–Kier alpha value is -4.22. The number of hydrogen-bond donors (Lipinski definition) is 1. The SMILES string of the molecule is CCOc1cc(CN2CCC(N(c3nc4ncccc4o3)N(c3nc4ncccc4o3)C3CCNCC3)CC2)ccc1C. The van der Waals surface area contributed by atoms with Crippen LogP contribution in [-0.4, -0.2) is 69.7 Å². The van der Waals surface area contributed by atoms with Gasteiger partial charge < -0.3 is 18.9 Å². The number of hydrogen-bond acceptors (Lipinski definition) is 11. The number of pyridine rings is 2. The van der Waals surface area contributed by atoms with Crippen LogP contribution in [0.4, 0.5) is 12.0 Å². The highest BCUT2D eigenvalue weighted by atomic mass is 16.5. The monoisotopic (exact) mass is 582 g/mol. The normalized spacial score (nSPS) is 17.1. The lowest BCUT2D eigenvalue weighted by molar-refractivity contribution is 0.194. The standard InChI is InChI=1S/C32H38N8O3/c1-3-41-28-20-23(9-8-22(28)2)21-38-18-12-25(13-19-38)40(32-37-30-27(43-32)7-5-15-35-30)39(24-10-16-33-17-11-24)31-36-29-26(42-31)6-4-14-34-29/h4-9,14-15,20,24-25,33H,3,10-13,16-19,21H2,1-2H3. The molecule has 5 aromatic rings. The Morgan fingerprint density at radius 3 is 2.05 bits per heavy atom. The van der Waals surface area contributed by atoms with Gasteiger partial charge in [-0.2, -0.15) is 9.97 Å². The lowest BCUT2D eigenvalue weighted by Gasteiger charge is -2.46. The largest absolute Gasteiger partial charge is 0.494 e. The van der Waals surface area contributed by atoms with Gasteiger partial charge in [-0.25, -0.2) is 20.0 Å². The molecule has 1 N–H and O–H groups in total. The van der Waals surface area contributed by atoms with E-state index in [2.05, 4.69) is 55.3 Å². The molecule has 0 amide bonds. The van der Waals surface area contributed by atoms with Gasteiger partial charge in [0.25, 0.3) is 0 Å². The van der Waals surface area contributed by atoms with Crippen LogP contribution < -0.4 is 20.1 Å². The first kappa shape index (κ1) is 27.6. The summed E-state index contributed by atoms with van der Waals surface area (Å²) in [5, 5.41) is 7.90. The highest BCUT2D eigenvalue weighted by molar-refractivity contribution is 5.72. The van der Waals surface area contributed by atoms with Crippen LogP contribution in [0.15, 0.2) is 63.7 Å². The van der Waals surface area contributed by atoms with E-state index < -0.39 is 0 Å². The maximum atomic E-state index is 6.40. The van der Waals surface area contributed by atoms with Gasteiger partial charge in [0.2, 0.25) is 11.3 Å². The number of hydrazine groups is 1. The fourth-order valence-electron chi connectivity index (χ4n) is 6.25. The maximum Gasteiger partial charge on any atom is 0.319 e. The molecule has 0 unspecified atom stereocenters.